The van der Waals surface area contributed by atoms with E-state index in [2.05, 4.69) is 0 Å². The molecule has 1 atom stereocenters. The second-order valence-electron chi connectivity index (χ2n) is 8.99. The lowest BCUT2D eigenvalue weighted by Crippen LogP contribution is -2.74. The van der Waals surface area contributed by atoms with Gasteiger partial charge in [0.15, 0.2) is 5.60 Å². The van der Waals surface area contributed by atoms with Gasteiger partial charge in [-0.3, -0.25) is 0 Å². The fourth-order valence-corrected chi connectivity index (χ4v) is 8.02. The summed E-state index contributed by atoms with van der Waals surface area (Å²) in [5, 5.41) is 10.2. The Labute approximate surface area is 168 Å². The first-order valence-corrected chi connectivity index (χ1v) is 11.0. The smallest absolute Gasteiger partial charge is 0.211 e. The van der Waals surface area contributed by atoms with E-state index in [9.17, 15) is 9.50 Å². The number of phenols is 1. The van der Waals surface area contributed by atoms with Crippen molar-refractivity contribution in [2.24, 2.45) is 23.7 Å². The molecule has 7 rings (SSSR count). The molecule has 1 heterocycles. The van der Waals surface area contributed by atoms with Crippen molar-refractivity contribution in [2.75, 3.05) is 0 Å². The lowest BCUT2D eigenvalue weighted by atomic mass is 9.47. The Kier molecular flexibility index (Phi) is 3.69. The quantitative estimate of drug-likeness (QED) is 0.680. The highest BCUT2D eigenvalue weighted by Crippen LogP contribution is 2.72. The van der Waals surface area contributed by atoms with Crippen molar-refractivity contribution in [1.82, 2.24) is 0 Å². The largest absolute Gasteiger partial charge is 0.508 e. The van der Waals surface area contributed by atoms with Crippen LogP contribution in [0, 0.1) is 29.5 Å². The number of rotatable bonds is 3. The molecule has 1 N–H and O–H groups in total. The highest BCUT2D eigenvalue weighted by Gasteiger charge is 2.76. The molecule has 5 fully saturated rings. The molecule has 1 spiro atoms. The molecule has 4 bridgehead atoms. The number of benzene rings is 2. The number of halogens is 1. The molecule has 3 nitrogen and oxygen atoms in total. The minimum absolute atomic E-state index is 0.228. The summed E-state index contributed by atoms with van der Waals surface area (Å²) in [5.41, 5.74) is 0.549. The van der Waals surface area contributed by atoms with Gasteiger partial charge in [-0.15, -0.1) is 0 Å². The zero-order valence-corrected chi connectivity index (χ0v) is 16.3. The van der Waals surface area contributed by atoms with E-state index >= 15 is 0 Å². The van der Waals surface area contributed by atoms with Crippen LogP contribution in [0.15, 0.2) is 53.4 Å². The van der Waals surface area contributed by atoms with Gasteiger partial charge in [0.25, 0.3) is 0 Å². The second kappa shape index (κ2) is 5.97. The zero-order chi connectivity index (χ0) is 18.9. The van der Waals surface area contributed by atoms with E-state index in [0.717, 1.165) is 22.3 Å². The van der Waals surface area contributed by atoms with Crippen LogP contribution in [-0.4, -0.2) is 10.7 Å². The number of hydrogen-bond acceptors (Lipinski definition) is 4. The molecular formula is C23H23FO3S. The summed E-state index contributed by atoms with van der Waals surface area (Å²) in [4.78, 5) is 12.4. The van der Waals surface area contributed by atoms with E-state index in [1.807, 2.05) is 12.1 Å². The monoisotopic (exact) mass is 398 g/mol. The fourth-order valence-electron chi connectivity index (χ4n) is 6.58. The molecule has 5 aliphatic rings. The minimum atomic E-state index is -0.716. The van der Waals surface area contributed by atoms with E-state index in [4.69, 9.17) is 9.78 Å². The Morgan fingerprint density at radius 1 is 0.893 bits per heavy atom. The molecule has 5 heteroatoms. The molecule has 4 aliphatic carbocycles. The van der Waals surface area contributed by atoms with Gasteiger partial charge in [-0.05, 0) is 92.2 Å². The maximum atomic E-state index is 13.5. The van der Waals surface area contributed by atoms with Crippen LogP contribution in [0.2, 0.25) is 0 Å². The summed E-state index contributed by atoms with van der Waals surface area (Å²) in [6.07, 6.45) is 6.15. The molecule has 4 saturated carbocycles. The van der Waals surface area contributed by atoms with Gasteiger partial charge < -0.3 is 5.11 Å². The Hall–Kier alpha value is -1.56. The van der Waals surface area contributed by atoms with Crippen LogP contribution in [-0.2, 0) is 14.7 Å². The van der Waals surface area contributed by atoms with Gasteiger partial charge in [-0.2, -0.15) is 0 Å². The Morgan fingerprint density at radius 3 is 2.14 bits per heavy atom. The highest BCUT2D eigenvalue weighted by molar-refractivity contribution is 8.00. The van der Waals surface area contributed by atoms with Gasteiger partial charge in [0.1, 0.15) is 11.6 Å². The Bertz CT molecular complexity index is 886. The van der Waals surface area contributed by atoms with Crippen molar-refractivity contribution in [1.29, 1.82) is 0 Å². The van der Waals surface area contributed by atoms with Crippen molar-refractivity contribution in [2.45, 2.75) is 47.5 Å². The summed E-state index contributed by atoms with van der Waals surface area (Å²) in [5.74, 6) is 2.54. The SMILES string of the molecule is Oc1cccc(C2(Sc3ccc(F)cc3)OOC23C2CC4CC(C2)CC3C4)c1. The maximum absolute atomic E-state index is 13.5. The van der Waals surface area contributed by atoms with Crippen molar-refractivity contribution in [3.05, 3.63) is 59.9 Å². The van der Waals surface area contributed by atoms with E-state index in [0.29, 0.717) is 11.8 Å². The normalized spacial score (nSPS) is 40.6. The molecule has 28 heavy (non-hydrogen) atoms. The number of phenolic OH excluding ortho intramolecular Hbond substituents is 1. The van der Waals surface area contributed by atoms with Crippen LogP contribution in [0.3, 0.4) is 0 Å². The van der Waals surface area contributed by atoms with Gasteiger partial charge >= 0.3 is 0 Å². The minimum Gasteiger partial charge on any atom is -0.508 e. The predicted molar refractivity (Wildman–Crippen MR) is 104 cm³/mol. The lowest BCUT2D eigenvalue weighted by molar-refractivity contribution is -0.566. The van der Waals surface area contributed by atoms with Crippen molar-refractivity contribution in [3.8, 4) is 5.75 Å². The topological polar surface area (TPSA) is 38.7 Å². The summed E-state index contributed by atoms with van der Waals surface area (Å²) in [6.45, 7) is 0. The van der Waals surface area contributed by atoms with E-state index in [1.54, 1.807) is 36.0 Å². The molecular weight excluding hydrogens is 375 g/mol. The third kappa shape index (κ3) is 2.24. The van der Waals surface area contributed by atoms with Crippen LogP contribution in [0.5, 0.6) is 5.75 Å². The van der Waals surface area contributed by atoms with E-state index in [1.165, 1.54) is 44.2 Å². The first-order chi connectivity index (χ1) is 13.6. The number of hydrogen-bond donors (Lipinski definition) is 1. The molecule has 0 radical (unpaired) electrons. The third-order valence-electron chi connectivity index (χ3n) is 7.46. The summed E-state index contributed by atoms with van der Waals surface area (Å²) in [7, 11) is 0. The number of aromatic hydroxyl groups is 1. The van der Waals surface area contributed by atoms with Gasteiger partial charge in [0.2, 0.25) is 4.93 Å². The van der Waals surface area contributed by atoms with Crippen molar-refractivity contribution >= 4 is 11.8 Å². The Morgan fingerprint density at radius 2 is 1.57 bits per heavy atom. The molecule has 2 aromatic rings. The average molecular weight is 398 g/mol. The van der Waals surface area contributed by atoms with Gasteiger partial charge in [-0.25, -0.2) is 14.2 Å². The predicted octanol–water partition coefficient (Wildman–Crippen LogP) is 5.63. The van der Waals surface area contributed by atoms with Gasteiger partial charge in [0, 0.05) is 10.5 Å². The van der Waals surface area contributed by atoms with Gasteiger partial charge in [0.05, 0.1) is 0 Å². The highest BCUT2D eigenvalue weighted by atomic mass is 32.2. The number of thioether (sulfide) groups is 1. The average Bonchev–Trinajstić information content (AvgIpc) is 2.66. The van der Waals surface area contributed by atoms with Crippen molar-refractivity contribution < 1.29 is 19.3 Å². The maximum Gasteiger partial charge on any atom is 0.211 e. The van der Waals surface area contributed by atoms with Crippen LogP contribution in [0.4, 0.5) is 4.39 Å². The first-order valence-electron chi connectivity index (χ1n) is 10.2. The standard InChI is InChI=1S/C23H23FO3S/c24-19-4-6-21(7-5-19)28-23(16-2-1-3-20(25)13-16)22(26-27-23)17-9-14-8-15(11-17)12-18(22)10-14/h1-7,13-15,17-18,25H,8-12H2. The molecule has 0 amide bonds. The van der Waals surface area contributed by atoms with Crippen LogP contribution >= 0.6 is 11.8 Å². The third-order valence-corrected chi connectivity index (χ3v) is 8.88. The van der Waals surface area contributed by atoms with Gasteiger partial charge in [-0.1, -0.05) is 23.9 Å². The summed E-state index contributed by atoms with van der Waals surface area (Å²) in [6, 6.07) is 13.9. The Balaban J connectivity index is 1.48. The second-order valence-corrected chi connectivity index (χ2v) is 10.2. The molecule has 146 valence electrons. The van der Waals surface area contributed by atoms with Crippen molar-refractivity contribution in [3.63, 3.8) is 0 Å². The van der Waals surface area contributed by atoms with Crippen LogP contribution in [0.25, 0.3) is 0 Å². The summed E-state index contributed by atoms with van der Waals surface area (Å²) < 4.78 is 13.5. The molecule has 1 unspecified atom stereocenters. The fraction of sp³-hybridized carbons (Fsp3) is 0.478. The lowest BCUT2D eigenvalue weighted by Gasteiger charge is -2.69. The molecule has 1 saturated heterocycles. The first kappa shape index (κ1) is 17.3. The van der Waals surface area contributed by atoms with E-state index in [-0.39, 0.29) is 17.2 Å². The van der Waals surface area contributed by atoms with E-state index < -0.39 is 4.93 Å². The molecule has 0 aromatic heterocycles. The zero-order valence-electron chi connectivity index (χ0n) is 15.5. The van der Waals surface area contributed by atoms with Crippen LogP contribution in [0.1, 0.15) is 37.7 Å². The molecule has 2 aromatic carbocycles. The summed E-state index contributed by atoms with van der Waals surface area (Å²) >= 11 is 1.60. The molecule has 1 aliphatic heterocycles. The van der Waals surface area contributed by atoms with Crippen LogP contribution < -0.4 is 0 Å².